The summed E-state index contributed by atoms with van der Waals surface area (Å²) >= 11 is 0. The van der Waals surface area contributed by atoms with E-state index in [1.54, 1.807) is 6.07 Å². The molecule has 0 aliphatic heterocycles. The molecule has 1 heterocycles. The van der Waals surface area contributed by atoms with Crippen LogP contribution in [0.3, 0.4) is 0 Å². The Kier molecular flexibility index (Phi) is 6.88. The summed E-state index contributed by atoms with van der Waals surface area (Å²) in [5, 5.41) is 1.13. The highest BCUT2D eigenvalue weighted by Gasteiger charge is 2.12. The first-order chi connectivity index (χ1) is 13.2. The summed E-state index contributed by atoms with van der Waals surface area (Å²) in [7, 11) is 0. The highest BCUT2D eigenvalue weighted by molar-refractivity contribution is 5.93. The van der Waals surface area contributed by atoms with E-state index >= 15 is 0 Å². The van der Waals surface area contributed by atoms with Gasteiger partial charge in [0.15, 0.2) is 0 Å². The van der Waals surface area contributed by atoms with Crippen LogP contribution in [0.25, 0.3) is 21.9 Å². The van der Waals surface area contributed by atoms with Crippen LogP contribution in [0.15, 0.2) is 51.7 Å². The first-order valence-corrected chi connectivity index (χ1v) is 10.0. The highest BCUT2D eigenvalue weighted by atomic mass is 16.5. The van der Waals surface area contributed by atoms with Crippen molar-refractivity contribution in [3.05, 3.63) is 52.7 Å². The molecule has 0 saturated heterocycles. The van der Waals surface area contributed by atoms with Gasteiger partial charge in [-0.25, -0.2) is 0 Å². The maximum atomic E-state index is 12.9. The van der Waals surface area contributed by atoms with Crippen LogP contribution in [0.2, 0.25) is 0 Å². The molecule has 3 rings (SSSR count). The molecule has 0 fully saturated rings. The smallest absolute Gasteiger partial charge is 0.204 e. The van der Waals surface area contributed by atoms with Crippen molar-refractivity contribution in [1.82, 2.24) is 4.90 Å². The topological polar surface area (TPSA) is 42.7 Å². The third-order valence-corrected chi connectivity index (χ3v) is 5.09. The molecule has 4 nitrogen and oxygen atoms in total. The maximum absolute atomic E-state index is 12.9. The monoisotopic (exact) mass is 367 g/mol. The Bertz CT molecular complexity index is 928. The molecule has 0 atom stereocenters. The van der Waals surface area contributed by atoms with Gasteiger partial charge in [-0.2, -0.15) is 0 Å². The predicted octanol–water partition coefficient (Wildman–Crippen LogP) is 5.23. The Morgan fingerprint density at radius 2 is 1.63 bits per heavy atom. The average Bonchev–Trinajstić information content (AvgIpc) is 2.70. The van der Waals surface area contributed by atoms with Crippen molar-refractivity contribution >= 4 is 21.9 Å². The van der Waals surface area contributed by atoms with Crippen LogP contribution in [-0.4, -0.2) is 31.1 Å². The van der Waals surface area contributed by atoms with Crippen LogP contribution >= 0.6 is 0 Å². The second-order valence-electron chi connectivity index (χ2n) is 6.85. The SMILES string of the molecule is CCN(CC)CCCCCCOc1cccc2oc3ccccc3c(=O)c12. The fraction of sp³-hybridized carbons (Fsp3) is 0.435. The largest absolute Gasteiger partial charge is 0.493 e. The van der Waals surface area contributed by atoms with Gasteiger partial charge in [-0.15, -0.1) is 0 Å². The van der Waals surface area contributed by atoms with Crippen molar-refractivity contribution in [3.63, 3.8) is 0 Å². The lowest BCUT2D eigenvalue weighted by Crippen LogP contribution is -2.23. The van der Waals surface area contributed by atoms with Crippen molar-refractivity contribution in [2.24, 2.45) is 0 Å². The Balaban J connectivity index is 1.59. The van der Waals surface area contributed by atoms with Crippen molar-refractivity contribution < 1.29 is 9.15 Å². The molecule has 0 spiro atoms. The van der Waals surface area contributed by atoms with Crippen molar-refractivity contribution in [1.29, 1.82) is 0 Å². The molecule has 0 aliphatic rings. The second-order valence-corrected chi connectivity index (χ2v) is 6.85. The van der Waals surface area contributed by atoms with Gasteiger partial charge in [0.2, 0.25) is 5.43 Å². The number of hydrogen-bond acceptors (Lipinski definition) is 4. The molecule has 0 aliphatic carbocycles. The normalized spacial score (nSPS) is 11.5. The number of nitrogens with zero attached hydrogens (tertiary/aromatic N) is 1. The van der Waals surface area contributed by atoms with Crippen molar-refractivity contribution in [3.8, 4) is 5.75 Å². The number of ether oxygens (including phenoxy) is 1. The van der Waals surface area contributed by atoms with Crippen molar-refractivity contribution in [2.45, 2.75) is 39.5 Å². The third-order valence-electron chi connectivity index (χ3n) is 5.09. The Labute approximate surface area is 160 Å². The van der Waals surface area contributed by atoms with Gasteiger partial charge in [-0.3, -0.25) is 4.79 Å². The van der Waals surface area contributed by atoms with Crippen LogP contribution in [-0.2, 0) is 0 Å². The lowest BCUT2D eigenvalue weighted by Gasteiger charge is -2.17. The molecular weight excluding hydrogens is 338 g/mol. The molecule has 0 saturated carbocycles. The lowest BCUT2D eigenvalue weighted by molar-refractivity contribution is 0.285. The zero-order chi connectivity index (χ0) is 19.1. The first kappa shape index (κ1) is 19.4. The highest BCUT2D eigenvalue weighted by Crippen LogP contribution is 2.26. The minimum atomic E-state index is -0.0262. The van der Waals surface area contributed by atoms with E-state index in [4.69, 9.17) is 9.15 Å². The van der Waals surface area contributed by atoms with Crippen LogP contribution < -0.4 is 10.2 Å². The lowest BCUT2D eigenvalue weighted by atomic mass is 10.1. The standard InChI is InChI=1S/C23H29NO3/c1-3-24(4-2)16-9-5-6-10-17-26-20-14-11-15-21-22(20)23(25)18-12-7-8-13-19(18)27-21/h7-8,11-15H,3-6,9-10,16-17H2,1-2H3. The van der Waals surface area contributed by atoms with E-state index in [9.17, 15) is 4.79 Å². The molecule has 144 valence electrons. The minimum absolute atomic E-state index is 0.0262. The summed E-state index contributed by atoms with van der Waals surface area (Å²) in [4.78, 5) is 15.3. The number of fused-ring (bicyclic) bond motifs is 2. The van der Waals surface area contributed by atoms with Gasteiger partial charge < -0.3 is 14.1 Å². The Hall–Kier alpha value is -2.33. The molecule has 3 aromatic rings. The molecule has 1 aromatic heterocycles. The fourth-order valence-electron chi connectivity index (χ4n) is 3.45. The molecule has 0 unspecified atom stereocenters. The summed E-state index contributed by atoms with van der Waals surface area (Å²) in [6.07, 6.45) is 4.57. The van der Waals surface area contributed by atoms with Gasteiger partial charge in [0.25, 0.3) is 0 Å². The van der Waals surface area contributed by atoms with E-state index < -0.39 is 0 Å². The first-order valence-electron chi connectivity index (χ1n) is 10.0. The zero-order valence-electron chi connectivity index (χ0n) is 16.4. The van der Waals surface area contributed by atoms with Crippen LogP contribution in [0.4, 0.5) is 0 Å². The molecular formula is C23H29NO3. The van der Waals surface area contributed by atoms with Gasteiger partial charge in [0, 0.05) is 0 Å². The maximum Gasteiger partial charge on any atom is 0.204 e. The van der Waals surface area contributed by atoms with Gasteiger partial charge in [-0.05, 0) is 56.7 Å². The molecule has 0 amide bonds. The van der Waals surface area contributed by atoms with E-state index in [1.807, 2.05) is 36.4 Å². The number of para-hydroxylation sites is 1. The molecule has 2 aromatic carbocycles. The van der Waals surface area contributed by atoms with Crippen LogP contribution in [0.1, 0.15) is 39.5 Å². The van der Waals surface area contributed by atoms with Crippen LogP contribution in [0, 0.1) is 0 Å². The van der Waals surface area contributed by atoms with E-state index in [0.717, 1.165) is 25.9 Å². The summed E-state index contributed by atoms with van der Waals surface area (Å²) in [6, 6.07) is 12.9. The number of rotatable bonds is 10. The van der Waals surface area contributed by atoms with Crippen molar-refractivity contribution in [2.75, 3.05) is 26.2 Å². The van der Waals surface area contributed by atoms with Crippen LogP contribution in [0.5, 0.6) is 5.75 Å². The molecule has 4 heteroatoms. The summed E-state index contributed by atoms with van der Waals surface area (Å²) in [5.74, 6) is 0.621. The predicted molar refractivity (Wildman–Crippen MR) is 112 cm³/mol. The third kappa shape index (κ3) is 4.69. The van der Waals surface area contributed by atoms with E-state index in [2.05, 4.69) is 18.7 Å². The second kappa shape index (κ2) is 9.56. The number of unbranched alkanes of at least 4 members (excludes halogenated alkanes) is 3. The van der Waals surface area contributed by atoms with E-state index in [1.165, 1.54) is 19.4 Å². The number of benzene rings is 2. The quantitative estimate of drug-likeness (QED) is 0.364. The average molecular weight is 367 g/mol. The summed E-state index contributed by atoms with van der Waals surface area (Å²) in [5.41, 5.74) is 1.16. The molecule has 0 bridgehead atoms. The number of hydrogen-bond donors (Lipinski definition) is 0. The molecule has 0 N–H and O–H groups in total. The Morgan fingerprint density at radius 3 is 2.44 bits per heavy atom. The van der Waals surface area contributed by atoms with Gasteiger partial charge >= 0.3 is 0 Å². The van der Waals surface area contributed by atoms with Gasteiger partial charge in [0.1, 0.15) is 22.3 Å². The summed E-state index contributed by atoms with van der Waals surface area (Å²) in [6.45, 7) is 8.46. The van der Waals surface area contributed by atoms with Gasteiger partial charge in [0.05, 0.1) is 12.0 Å². The Morgan fingerprint density at radius 1 is 0.889 bits per heavy atom. The van der Waals surface area contributed by atoms with E-state index in [0.29, 0.717) is 34.3 Å². The molecule has 0 radical (unpaired) electrons. The minimum Gasteiger partial charge on any atom is -0.493 e. The molecule has 27 heavy (non-hydrogen) atoms. The van der Waals surface area contributed by atoms with E-state index in [-0.39, 0.29) is 5.43 Å². The summed E-state index contributed by atoms with van der Waals surface area (Å²) < 4.78 is 11.8. The van der Waals surface area contributed by atoms with Gasteiger partial charge in [-0.1, -0.05) is 44.9 Å². The zero-order valence-corrected chi connectivity index (χ0v) is 16.4. The fourth-order valence-corrected chi connectivity index (χ4v) is 3.45.